The molecular formula is C17H19N3O2S2. The minimum Gasteiger partial charge on any atom is -0.344 e. The molecule has 3 rings (SSSR count). The van der Waals surface area contributed by atoms with Crippen molar-refractivity contribution >= 4 is 38.8 Å². The van der Waals surface area contributed by atoms with Crippen LogP contribution in [0.4, 0.5) is 0 Å². The van der Waals surface area contributed by atoms with Crippen molar-refractivity contribution in [2.45, 2.75) is 32.7 Å². The largest absolute Gasteiger partial charge is 0.344 e. The first kappa shape index (κ1) is 16.9. The van der Waals surface area contributed by atoms with E-state index in [9.17, 15) is 9.59 Å². The average Bonchev–Trinajstić information content (AvgIpc) is 3.19. The summed E-state index contributed by atoms with van der Waals surface area (Å²) in [5.74, 6) is -0.135. The number of aromatic nitrogens is 2. The summed E-state index contributed by atoms with van der Waals surface area (Å²) in [6, 6.07) is 4.04. The van der Waals surface area contributed by atoms with Crippen molar-refractivity contribution in [2.24, 2.45) is 7.05 Å². The number of nitrogens with zero attached hydrogens (tertiary/aromatic N) is 2. The topological polar surface area (TPSA) is 64.0 Å². The van der Waals surface area contributed by atoms with Crippen molar-refractivity contribution in [3.8, 4) is 0 Å². The monoisotopic (exact) mass is 361 g/mol. The molecule has 0 spiro atoms. The van der Waals surface area contributed by atoms with E-state index in [0.29, 0.717) is 20.7 Å². The molecule has 0 saturated carbocycles. The summed E-state index contributed by atoms with van der Waals surface area (Å²) in [5.41, 5.74) is 0.596. The second kappa shape index (κ2) is 6.86. The third-order valence-corrected chi connectivity index (χ3v) is 6.17. The van der Waals surface area contributed by atoms with E-state index in [2.05, 4.69) is 17.2 Å². The lowest BCUT2D eigenvalue weighted by molar-refractivity contribution is 0.0939. The second-order valence-corrected chi connectivity index (χ2v) is 7.71. The molecule has 0 aromatic carbocycles. The van der Waals surface area contributed by atoms with Gasteiger partial charge >= 0.3 is 0 Å². The lowest BCUT2D eigenvalue weighted by atomic mass is 10.1. The van der Waals surface area contributed by atoms with Crippen molar-refractivity contribution in [2.75, 3.05) is 0 Å². The molecule has 3 aromatic heterocycles. The molecule has 1 atom stereocenters. The first-order chi connectivity index (χ1) is 11.5. The van der Waals surface area contributed by atoms with Gasteiger partial charge in [0, 0.05) is 11.9 Å². The first-order valence-electron chi connectivity index (χ1n) is 7.82. The van der Waals surface area contributed by atoms with Crippen LogP contribution in [0.1, 0.15) is 45.9 Å². The Balaban J connectivity index is 1.95. The molecule has 0 aliphatic heterocycles. The van der Waals surface area contributed by atoms with Crippen molar-refractivity contribution < 1.29 is 4.79 Å². The zero-order chi connectivity index (χ0) is 17.3. The Bertz CT molecular complexity index is 925. The van der Waals surface area contributed by atoms with E-state index in [1.807, 2.05) is 24.4 Å². The Morgan fingerprint density at radius 3 is 2.92 bits per heavy atom. The predicted octanol–water partition coefficient (Wildman–Crippen LogP) is 3.64. The maximum absolute atomic E-state index is 12.8. The highest BCUT2D eigenvalue weighted by Gasteiger charge is 2.22. The van der Waals surface area contributed by atoms with Gasteiger partial charge in [0.2, 0.25) is 0 Å². The van der Waals surface area contributed by atoms with Crippen LogP contribution in [0.15, 0.2) is 28.6 Å². The summed E-state index contributed by atoms with van der Waals surface area (Å²) >= 11 is 2.92. The molecule has 1 amide bonds. The number of carbonyl (C=O) groups is 1. The molecule has 3 aromatic rings. The summed E-state index contributed by atoms with van der Waals surface area (Å²) < 4.78 is 1.44. The fourth-order valence-corrected chi connectivity index (χ4v) is 4.57. The molecule has 1 N–H and O–H groups in total. The van der Waals surface area contributed by atoms with Gasteiger partial charge in [-0.15, -0.1) is 22.7 Å². The Hall–Kier alpha value is -1.99. The quantitative estimate of drug-likeness (QED) is 0.755. The van der Waals surface area contributed by atoms with Crippen LogP contribution in [-0.2, 0) is 7.05 Å². The van der Waals surface area contributed by atoms with Gasteiger partial charge in [-0.2, -0.15) is 0 Å². The molecule has 24 heavy (non-hydrogen) atoms. The number of carbonyl (C=O) groups excluding carboxylic acids is 1. The lowest BCUT2D eigenvalue weighted by Gasteiger charge is -2.16. The lowest BCUT2D eigenvalue weighted by Crippen LogP contribution is -2.28. The maximum atomic E-state index is 12.8. The smallest absolute Gasteiger partial charge is 0.262 e. The molecule has 1 unspecified atom stereocenters. The fourth-order valence-electron chi connectivity index (χ4n) is 2.71. The van der Waals surface area contributed by atoms with Crippen LogP contribution in [0.25, 0.3) is 10.2 Å². The van der Waals surface area contributed by atoms with E-state index in [1.54, 1.807) is 18.4 Å². The van der Waals surface area contributed by atoms with E-state index in [0.717, 1.165) is 17.7 Å². The Labute approximate surface area is 148 Å². The zero-order valence-electron chi connectivity index (χ0n) is 13.8. The summed E-state index contributed by atoms with van der Waals surface area (Å²) in [5, 5.41) is 5.67. The van der Waals surface area contributed by atoms with Gasteiger partial charge in [0.05, 0.1) is 22.6 Å². The van der Waals surface area contributed by atoms with Crippen molar-refractivity contribution in [1.29, 1.82) is 0 Å². The number of nitrogens with one attached hydrogen (secondary N) is 1. The van der Waals surface area contributed by atoms with Gasteiger partial charge in [-0.05, 0) is 30.4 Å². The molecule has 0 bridgehead atoms. The molecule has 0 fully saturated rings. The number of hydrogen-bond acceptors (Lipinski definition) is 5. The minimum absolute atomic E-state index is 0.00269. The van der Waals surface area contributed by atoms with Gasteiger partial charge in [0.15, 0.2) is 0 Å². The van der Waals surface area contributed by atoms with E-state index < -0.39 is 0 Å². The van der Waals surface area contributed by atoms with Gasteiger partial charge < -0.3 is 9.88 Å². The van der Waals surface area contributed by atoms with Crippen LogP contribution >= 0.6 is 22.7 Å². The normalized spacial score (nSPS) is 12.5. The third-order valence-electron chi connectivity index (χ3n) is 3.99. The molecule has 0 aliphatic rings. The first-order valence-corrected chi connectivity index (χ1v) is 9.51. The van der Waals surface area contributed by atoms with E-state index in [4.69, 9.17) is 0 Å². The van der Waals surface area contributed by atoms with Crippen LogP contribution in [0.2, 0.25) is 0 Å². The van der Waals surface area contributed by atoms with Crippen LogP contribution in [-0.4, -0.2) is 15.5 Å². The standard InChI is InChI=1S/C17H19N3O2S2/c1-4-6-11(12-7-5-8-23-12)19-15(21)14-10(2)13-16(24-14)18-9-20(3)17(13)22/h5,7-9,11H,4,6H2,1-3H3,(H,19,21). The molecule has 3 heterocycles. The predicted molar refractivity (Wildman–Crippen MR) is 99.0 cm³/mol. The number of rotatable bonds is 5. The Kier molecular flexibility index (Phi) is 4.82. The number of thiophene rings is 2. The van der Waals surface area contributed by atoms with E-state index >= 15 is 0 Å². The fraction of sp³-hybridized carbons (Fsp3) is 0.353. The number of fused-ring (bicyclic) bond motifs is 1. The van der Waals surface area contributed by atoms with E-state index in [-0.39, 0.29) is 17.5 Å². The Morgan fingerprint density at radius 2 is 2.25 bits per heavy atom. The van der Waals surface area contributed by atoms with Gasteiger partial charge in [-0.3, -0.25) is 9.59 Å². The third kappa shape index (κ3) is 3.01. The summed E-state index contributed by atoms with van der Waals surface area (Å²) in [6.07, 6.45) is 3.36. The molecule has 0 saturated heterocycles. The van der Waals surface area contributed by atoms with Crippen molar-refractivity contribution in [1.82, 2.24) is 14.9 Å². The van der Waals surface area contributed by atoms with Crippen LogP contribution in [0.3, 0.4) is 0 Å². The van der Waals surface area contributed by atoms with Crippen LogP contribution in [0.5, 0.6) is 0 Å². The highest BCUT2D eigenvalue weighted by molar-refractivity contribution is 7.20. The average molecular weight is 361 g/mol. The molecule has 0 aliphatic carbocycles. The van der Waals surface area contributed by atoms with Gasteiger partial charge in [-0.1, -0.05) is 19.4 Å². The molecule has 0 radical (unpaired) electrons. The van der Waals surface area contributed by atoms with Gasteiger partial charge in [-0.25, -0.2) is 4.98 Å². The Morgan fingerprint density at radius 1 is 1.46 bits per heavy atom. The summed E-state index contributed by atoms with van der Waals surface area (Å²) in [7, 11) is 1.67. The van der Waals surface area contributed by atoms with Gasteiger partial charge in [0.25, 0.3) is 11.5 Å². The maximum Gasteiger partial charge on any atom is 0.262 e. The van der Waals surface area contributed by atoms with Crippen molar-refractivity contribution in [3.05, 3.63) is 49.5 Å². The zero-order valence-corrected chi connectivity index (χ0v) is 15.5. The summed E-state index contributed by atoms with van der Waals surface area (Å²) in [6.45, 7) is 3.92. The van der Waals surface area contributed by atoms with Gasteiger partial charge in [0.1, 0.15) is 4.83 Å². The summed E-state index contributed by atoms with van der Waals surface area (Å²) in [4.78, 5) is 31.7. The highest BCUT2D eigenvalue weighted by Crippen LogP contribution is 2.29. The molecular weight excluding hydrogens is 342 g/mol. The SMILES string of the molecule is CCCC(NC(=O)c1sc2ncn(C)c(=O)c2c1C)c1cccs1. The van der Waals surface area contributed by atoms with Crippen molar-refractivity contribution in [3.63, 3.8) is 0 Å². The second-order valence-electron chi connectivity index (χ2n) is 5.73. The van der Waals surface area contributed by atoms with Crippen LogP contribution < -0.4 is 10.9 Å². The molecule has 7 heteroatoms. The molecule has 5 nitrogen and oxygen atoms in total. The van der Waals surface area contributed by atoms with E-state index in [1.165, 1.54) is 22.2 Å². The highest BCUT2D eigenvalue weighted by atomic mass is 32.1. The van der Waals surface area contributed by atoms with Crippen LogP contribution in [0, 0.1) is 6.92 Å². The number of aryl methyl sites for hydroxylation is 2. The molecule has 126 valence electrons. The number of hydrogen-bond donors (Lipinski definition) is 1. The minimum atomic E-state index is -0.135. The number of amides is 1.